The first-order valence-corrected chi connectivity index (χ1v) is 6.24. The zero-order valence-corrected chi connectivity index (χ0v) is 10.3. The molecule has 0 spiro atoms. The molecule has 7 heteroatoms. The molecule has 19 heavy (non-hydrogen) atoms. The number of hydrogen-bond acceptors (Lipinski definition) is 6. The summed E-state index contributed by atoms with van der Waals surface area (Å²) < 4.78 is 5.53. The van der Waals surface area contributed by atoms with Gasteiger partial charge < -0.3 is 4.42 Å². The normalized spacial score (nSPS) is 10.5. The van der Waals surface area contributed by atoms with E-state index in [-0.39, 0.29) is 5.69 Å². The highest BCUT2D eigenvalue weighted by atomic mass is 32.1. The summed E-state index contributed by atoms with van der Waals surface area (Å²) in [5, 5.41) is 20.4. The third kappa shape index (κ3) is 2.23. The van der Waals surface area contributed by atoms with E-state index in [1.54, 1.807) is 12.1 Å². The SMILES string of the molecule is O=[N+]([O-])c1ccc(-c2nnc(-c3cccs3)o2)cc1. The molecule has 0 aliphatic carbocycles. The maximum atomic E-state index is 10.6. The maximum absolute atomic E-state index is 10.6. The zero-order chi connectivity index (χ0) is 13.2. The van der Waals surface area contributed by atoms with Gasteiger partial charge in [0.1, 0.15) is 0 Å². The van der Waals surface area contributed by atoms with E-state index in [0.717, 1.165) is 4.88 Å². The van der Waals surface area contributed by atoms with Crippen molar-refractivity contribution in [3.63, 3.8) is 0 Å². The van der Waals surface area contributed by atoms with Gasteiger partial charge in [-0.25, -0.2) is 0 Å². The van der Waals surface area contributed by atoms with E-state index in [1.807, 2.05) is 17.5 Å². The smallest absolute Gasteiger partial charge is 0.269 e. The molecular formula is C12H7N3O3S. The van der Waals surface area contributed by atoms with Gasteiger partial charge in [0.15, 0.2) is 0 Å². The molecule has 0 fully saturated rings. The van der Waals surface area contributed by atoms with Crippen LogP contribution in [0.5, 0.6) is 0 Å². The zero-order valence-electron chi connectivity index (χ0n) is 9.52. The molecule has 0 saturated carbocycles. The quantitative estimate of drug-likeness (QED) is 0.539. The van der Waals surface area contributed by atoms with Crippen molar-refractivity contribution >= 4 is 17.0 Å². The number of nitro groups is 1. The van der Waals surface area contributed by atoms with Crippen LogP contribution in [0.2, 0.25) is 0 Å². The lowest BCUT2D eigenvalue weighted by atomic mass is 10.2. The molecule has 2 aromatic heterocycles. The molecule has 1 aromatic carbocycles. The van der Waals surface area contributed by atoms with Gasteiger partial charge in [-0.2, -0.15) is 0 Å². The molecule has 0 aliphatic heterocycles. The number of nitro benzene ring substituents is 1. The first-order valence-electron chi connectivity index (χ1n) is 5.36. The topological polar surface area (TPSA) is 82.1 Å². The van der Waals surface area contributed by atoms with Crippen molar-refractivity contribution in [2.75, 3.05) is 0 Å². The standard InChI is InChI=1S/C12H7N3O3S/c16-15(17)9-5-3-8(4-6-9)11-13-14-12(18-11)10-2-1-7-19-10/h1-7H. The fourth-order valence-electron chi connectivity index (χ4n) is 1.57. The molecule has 0 amide bonds. The lowest BCUT2D eigenvalue weighted by Gasteiger charge is -1.94. The van der Waals surface area contributed by atoms with Crippen molar-refractivity contribution in [1.29, 1.82) is 0 Å². The molecular weight excluding hydrogens is 266 g/mol. The summed E-state index contributed by atoms with van der Waals surface area (Å²) in [6, 6.07) is 9.77. The van der Waals surface area contributed by atoms with Crippen molar-refractivity contribution in [3.8, 4) is 22.2 Å². The monoisotopic (exact) mass is 273 g/mol. The van der Waals surface area contributed by atoms with Gasteiger partial charge in [0.05, 0.1) is 9.80 Å². The van der Waals surface area contributed by atoms with Crippen LogP contribution >= 0.6 is 11.3 Å². The van der Waals surface area contributed by atoms with E-state index in [4.69, 9.17) is 4.42 Å². The number of non-ortho nitro benzene ring substituents is 1. The van der Waals surface area contributed by atoms with Crippen molar-refractivity contribution in [2.24, 2.45) is 0 Å². The Morgan fingerprint density at radius 2 is 1.84 bits per heavy atom. The molecule has 0 unspecified atom stereocenters. The molecule has 0 aliphatic rings. The van der Waals surface area contributed by atoms with Crippen LogP contribution in [0.25, 0.3) is 22.2 Å². The van der Waals surface area contributed by atoms with Gasteiger partial charge >= 0.3 is 0 Å². The number of benzene rings is 1. The molecule has 0 atom stereocenters. The Morgan fingerprint density at radius 3 is 2.47 bits per heavy atom. The second kappa shape index (κ2) is 4.62. The Morgan fingerprint density at radius 1 is 1.11 bits per heavy atom. The molecule has 0 saturated heterocycles. The molecule has 2 heterocycles. The van der Waals surface area contributed by atoms with Gasteiger partial charge in [-0.1, -0.05) is 6.07 Å². The molecule has 0 radical (unpaired) electrons. The van der Waals surface area contributed by atoms with E-state index in [1.165, 1.54) is 23.5 Å². The second-order valence-corrected chi connectivity index (χ2v) is 4.64. The summed E-state index contributed by atoms with van der Waals surface area (Å²) in [6.07, 6.45) is 0. The Bertz CT molecular complexity index is 704. The van der Waals surface area contributed by atoms with E-state index in [9.17, 15) is 10.1 Å². The highest BCUT2D eigenvalue weighted by Gasteiger charge is 2.12. The van der Waals surface area contributed by atoms with Crippen molar-refractivity contribution in [2.45, 2.75) is 0 Å². The highest BCUT2D eigenvalue weighted by molar-refractivity contribution is 7.13. The third-order valence-corrected chi connectivity index (χ3v) is 3.34. The Kier molecular flexibility index (Phi) is 2.81. The van der Waals surface area contributed by atoms with Crippen LogP contribution in [0.1, 0.15) is 0 Å². The van der Waals surface area contributed by atoms with Crippen molar-refractivity contribution < 1.29 is 9.34 Å². The van der Waals surface area contributed by atoms with Gasteiger partial charge in [0.2, 0.25) is 5.89 Å². The molecule has 0 bridgehead atoms. The van der Waals surface area contributed by atoms with Crippen molar-refractivity contribution in [1.82, 2.24) is 10.2 Å². The lowest BCUT2D eigenvalue weighted by Crippen LogP contribution is -1.87. The second-order valence-electron chi connectivity index (χ2n) is 3.69. The van der Waals surface area contributed by atoms with Crippen LogP contribution < -0.4 is 0 Å². The molecule has 6 nitrogen and oxygen atoms in total. The average Bonchev–Trinajstić information content (AvgIpc) is 3.10. The van der Waals surface area contributed by atoms with Gasteiger partial charge in [-0.3, -0.25) is 10.1 Å². The minimum absolute atomic E-state index is 0.0294. The number of aromatic nitrogens is 2. The fourth-order valence-corrected chi connectivity index (χ4v) is 2.21. The summed E-state index contributed by atoms with van der Waals surface area (Å²) in [5.41, 5.74) is 0.683. The van der Waals surface area contributed by atoms with Gasteiger partial charge in [-0.05, 0) is 23.6 Å². The van der Waals surface area contributed by atoms with E-state index >= 15 is 0 Å². The number of thiophene rings is 1. The Labute approximate surface area is 111 Å². The summed E-state index contributed by atoms with van der Waals surface area (Å²) in [6.45, 7) is 0. The van der Waals surface area contributed by atoms with Crippen LogP contribution in [0, 0.1) is 10.1 Å². The summed E-state index contributed by atoms with van der Waals surface area (Å²) in [4.78, 5) is 11.0. The first kappa shape index (κ1) is 11.5. The van der Waals surface area contributed by atoms with Crippen LogP contribution in [0.3, 0.4) is 0 Å². The number of rotatable bonds is 3. The van der Waals surface area contributed by atoms with Crippen LogP contribution in [-0.2, 0) is 0 Å². The fraction of sp³-hybridized carbons (Fsp3) is 0. The predicted molar refractivity (Wildman–Crippen MR) is 69.7 cm³/mol. The molecule has 0 N–H and O–H groups in total. The van der Waals surface area contributed by atoms with E-state index in [2.05, 4.69) is 10.2 Å². The number of nitrogens with zero attached hydrogens (tertiary/aromatic N) is 3. The summed E-state index contributed by atoms with van der Waals surface area (Å²) in [7, 11) is 0. The van der Waals surface area contributed by atoms with E-state index in [0.29, 0.717) is 17.3 Å². The minimum atomic E-state index is -0.450. The van der Waals surface area contributed by atoms with Crippen LogP contribution in [-0.4, -0.2) is 15.1 Å². The van der Waals surface area contributed by atoms with Gasteiger partial charge in [0, 0.05) is 17.7 Å². The lowest BCUT2D eigenvalue weighted by molar-refractivity contribution is -0.384. The minimum Gasteiger partial charge on any atom is -0.415 e. The summed E-state index contributed by atoms with van der Waals surface area (Å²) in [5.74, 6) is 0.793. The highest BCUT2D eigenvalue weighted by Crippen LogP contribution is 2.27. The van der Waals surface area contributed by atoms with Gasteiger partial charge in [-0.15, -0.1) is 21.5 Å². The third-order valence-electron chi connectivity index (χ3n) is 2.48. The maximum Gasteiger partial charge on any atom is 0.269 e. The van der Waals surface area contributed by atoms with Crippen LogP contribution in [0.4, 0.5) is 5.69 Å². The van der Waals surface area contributed by atoms with E-state index < -0.39 is 4.92 Å². The molecule has 3 rings (SSSR count). The Hall–Kier alpha value is -2.54. The first-order chi connectivity index (χ1) is 9.24. The average molecular weight is 273 g/mol. The van der Waals surface area contributed by atoms with Crippen molar-refractivity contribution in [3.05, 3.63) is 51.9 Å². The number of hydrogen-bond donors (Lipinski definition) is 0. The molecule has 3 aromatic rings. The molecule has 94 valence electrons. The summed E-state index contributed by atoms with van der Waals surface area (Å²) >= 11 is 1.51. The predicted octanol–water partition coefficient (Wildman–Crippen LogP) is 3.37. The Balaban J connectivity index is 1.92. The van der Waals surface area contributed by atoms with Crippen LogP contribution in [0.15, 0.2) is 46.2 Å². The largest absolute Gasteiger partial charge is 0.415 e. The van der Waals surface area contributed by atoms with Gasteiger partial charge in [0.25, 0.3) is 11.6 Å².